The summed E-state index contributed by atoms with van der Waals surface area (Å²) in [6.45, 7) is 8.72. The summed E-state index contributed by atoms with van der Waals surface area (Å²) in [5, 5.41) is 0. The van der Waals surface area contributed by atoms with E-state index in [2.05, 4.69) is 0 Å². The van der Waals surface area contributed by atoms with Gasteiger partial charge in [0.1, 0.15) is 0 Å². The molecule has 6 heteroatoms. The molecule has 0 amide bonds. The minimum absolute atomic E-state index is 0.304. The van der Waals surface area contributed by atoms with Gasteiger partial charge in [-0.15, -0.1) is 11.6 Å². The standard InChI is InChI=1S/C15H22ClNO3S/c1-11-7-13(9-16)8-14(12(11)2)21(18,19)17-5-6-20-15(3,4)10-17/h7-8H,5-6,9-10H2,1-4H3. The van der Waals surface area contributed by atoms with E-state index < -0.39 is 15.6 Å². The van der Waals surface area contributed by atoms with E-state index in [1.165, 1.54) is 4.31 Å². The van der Waals surface area contributed by atoms with Gasteiger partial charge < -0.3 is 4.74 Å². The number of alkyl halides is 1. The van der Waals surface area contributed by atoms with Gasteiger partial charge in [-0.3, -0.25) is 0 Å². The molecule has 0 saturated carbocycles. The highest BCUT2D eigenvalue weighted by atomic mass is 35.5. The molecule has 1 aliphatic rings. The summed E-state index contributed by atoms with van der Waals surface area (Å²) in [5.74, 6) is 0.304. The maximum absolute atomic E-state index is 12.9. The molecule has 0 atom stereocenters. The minimum atomic E-state index is -3.52. The van der Waals surface area contributed by atoms with Gasteiger partial charge in [0.2, 0.25) is 10.0 Å². The molecule has 4 nitrogen and oxygen atoms in total. The number of rotatable bonds is 3. The molecule has 1 aromatic rings. The predicted molar refractivity (Wildman–Crippen MR) is 84.3 cm³/mol. The van der Waals surface area contributed by atoms with Crippen molar-refractivity contribution >= 4 is 21.6 Å². The first-order valence-electron chi connectivity index (χ1n) is 6.97. The van der Waals surface area contributed by atoms with Crippen molar-refractivity contribution in [3.8, 4) is 0 Å². The monoisotopic (exact) mass is 331 g/mol. The lowest BCUT2D eigenvalue weighted by atomic mass is 10.1. The van der Waals surface area contributed by atoms with Crippen molar-refractivity contribution in [2.24, 2.45) is 0 Å². The number of morpholine rings is 1. The van der Waals surface area contributed by atoms with Gasteiger partial charge in [-0.2, -0.15) is 4.31 Å². The third kappa shape index (κ3) is 3.42. The van der Waals surface area contributed by atoms with Crippen LogP contribution in [0.3, 0.4) is 0 Å². The van der Waals surface area contributed by atoms with Crippen molar-refractivity contribution in [1.82, 2.24) is 4.31 Å². The van der Waals surface area contributed by atoms with E-state index in [9.17, 15) is 8.42 Å². The number of benzene rings is 1. The van der Waals surface area contributed by atoms with Gasteiger partial charge in [-0.05, 0) is 50.5 Å². The van der Waals surface area contributed by atoms with Gasteiger partial charge in [0, 0.05) is 19.0 Å². The highest BCUT2D eigenvalue weighted by molar-refractivity contribution is 7.89. The average molecular weight is 332 g/mol. The fourth-order valence-electron chi connectivity index (χ4n) is 2.56. The van der Waals surface area contributed by atoms with Crippen LogP contribution in [0.1, 0.15) is 30.5 Å². The van der Waals surface area contributed by atoms with Crippen LogP contribution >= 0.6 is 11.6 Å². The summed E-state index contributed by atoms with van der Waals surface area (Å²) in [5.41, 5.74) is 2.09. The summed E-state index contributed by atoms with van der Waals surface area (Å²) in [7, 11) is -3.52. The molecule has 0 spiro atoms. The van der Waals surface area contributed by atoms with Crippen molar-refractivity contribution in [2.45, 2.75) is 44.1 Å². The Morgan fingerprint density at radius 3 is 2.57 bits per heavy atom. The molecule has 0 bridgehead atoms. The zero-order chi connectivity index (χ0) is 15.8. The summed E-state index contributed by atoms with van der Waals surface area (Å²) < 4.78 is 33.0. The Kier molecular flexibility index (Phi) is 4.69. The van der Waals surface area contributed by atoms with Crippen LogP contribution in [-0.4, -0.2) is 38.0 Å². The van der Waals surface area contributed by atoms with E-state index in [1.807, 2.05) is 33.8 Å². The molecule has 118 valence electrons. The fraction of sp³-hybridized carbons (Fsp3) is 0.600. The molecule has 1 fully saturated rings. The van der Waals surface area contributed by atoms with Crippen molar-refractivity contribution in [3.63, 3.8) is 0 Å². The SMILES string of the molecule is Cc1cc(CCl)cc(S(=O)(=O)N2CCOC(C)(C)C2)c1C. The van der Waals surface area contributed by atoms with Crippen LogP contribution in [-0.2, 0) is 20.6 Å². The summed E-state index contributed by atoms with van der Waals surface area (Å²) in [6, 6.07) is 3.62. The number of halogens is 1. The Hall–Kier alpha value is -0.620. The molecule has 21 heavy (non-hydrogen) atoms. The number of nitrogens with zero attached hydrogens (tertiary/aromatic N) is 1. The molecule has 0 aliphatic carbocycles. The molecule has 0 unspecified atom stereocenters. The number of sulfonamides is 1. The average Bonchev–Trinajstić information content (AvgIpc) is 2.40. The molecule has 1 saturated heterocycles. The van der Waals surface area contributed by atoms with Crippen LogP contribution in [0.15, 0.2) is 17.0 Å². The van der Waals surface area contributed by atoms with E-state index in [0.29, 0.717) is 30.5 Å². The van der Waals surface area contributed by atoms with Crippen molar-refractivity contribution in [2.75, 3.05) is 19.7 Å². The Labute approximate surface area is 132 Å². The topological polar surface area (TPSA) is 46.6 Å². The highest BCUT2D eigenvalue weighted by Gasteiger charge is 2.35. The Balaban J connectivity index is 2.47. The van der Waals surface area contributed by atoms with E-state index in [4.69, 9.17) is 16.3 Å². The Morgan fingerprint density at radius 2 is 2.00 bits per heavy atom. The van der Waals surface area contributed by atoms with Crippen LogP contribution in [0.5, 0.6) is 0 Å². The van der Waals surface area contributed by atoms with Crippen molar-refractivity contribution < 1.29 is 13.2 Å². The van der Waals surface area contributed by atoms with Gasteiger partial charge in [0.25, 0.3) is 0 Å². The van der Waals surface area contributed by atoms with Crippen LogP contribution in [0, 0.1) is 13.8 Å². The Bertz CT molecular complexity index is 641. The third-order valence-corrected chi connectivity index (χ3v) is 6.12. The number of hydrogen-bond acceptors (Lipinski definition) is 3. The van der Waals surface area contributed by atoms with Crippen LogP contribution in [0.4, 0.5) is 0 Å². The summed E-state index contributed by atoms with van der Waals surface area (Å²) >= 11 is 5.88. The number of ether oxygens (including phenoxy) is 1. The lowest BCUT2D eigenvalue weighted by Crippen LogP contribution is -2.50. The fourth-order valence-corrected chi connectivity index (χ4v) is 4.64. The van der Waals surface area contributed by atoms with Crippen molar-refractivity contribution in [3.05, 3.63) is 28.8 Å². The van der Waals surface area contributed by atoms with Gasteiger partial charge in [-0.25, -0.2) is 8.42 Å². The largest absolute Gasteiger partial charge is 0.373 e. The molecule has 0 aromatic heterocycles. The third-order valence-electron chi connectivity index (χ3n) is 3.84. The van der Waals surface area contributed by atoms with Gasteiger partial charge in [0.15, 0.2) is 0 Å². The van der Waals surface area contributed by atoms with E-state index >= 15 is 0 Å². The Morgan fingerprint density at radius 1 is 1.33 bits per heavy atom. The first kappa shape index (κ1) is 16.7. The molecule has 1 aromatic carbocycles. The summed E-state index contributed by atoms with van der Waals surface area (Å²) in [6.07, 6.45) is 0. The molecular weight excluding hydrogens is 310 g/mol. The zero-order valence-electron chi connectivity index (χ0n) is 12.9. The first-order valence-corrected chi connectivity index (χ1v) is 8.95. The second-order valence-corrected chi connectivity index (χ2v) is 8.29. The molecule has 1 heterocycles. The predicted octanol–water partition coefficient (Wildman–Crippen LogP) is 2.84. The maximum Gasteiger partial charge on any atom is 0.243 e. The van der Waals surface area contributed by atoms with Crippen molar-refractivity contribution in [1.29, 1.82) is 0 Å². The first-order chi connectivity index (χ1) is 9.67. The zero-order valence-corrected chi connectivity index (χ0v) is 14.5. The van der Waals surface area contributed by atoms with Crippen LogP contribution in [0.2, 0.25) is 0 Å². The highest BCUT2D eigenvalue weighted by Crippen LogP contribution is 2.28. The van der Waals surface area contributed by atoms with E-state index in [-0.39, 0.29) is 0 Å². The summed E-state index contributed by atoms with van der Waals surface area (Å²) in [4.78, 5) is 0.357. The molecule has 2 rings (SSSR count). The molecule has 1 aliphatic heterocycles. The lowest BCUT2D eigenvalue weighted by molar-refractivity contribution is -0.0640. The van der Waals surface area contributed by atoms with Crippen LogP contribution < -0.4 is 0 Å². The van der Waals surface area contributed by atoms with E-state index in [0.717, 1.165) is 16.7 Å². The molecular formula is C15H22ClNO3S. The second kappa shape index (κ2) is 5.88. The lowest BCUT2D eigenvalue weighted by Gasteiger charge is -2.37. The minimum Gasteiger partial charge on any atom is -0.373 e. The normalized spacial score (nSPS) is 19.7. The van der Waals surface area contributed by atoms with Gasteiger partial charge >= 0.3 is 0 Å². The number of aryl methyl sites for hydroxylation is 1. The van der Waals surface area contributed by atoms with Gasteiger partial charge in [0.05, 0.1) is 17.1 Å². The maximum atomic E-state index is 12.9. The van der Waals surface area contributed by atoms with E-state index in [1.54, 1.807) is 6.07 Å². The van der Waals surface area contributed by atoms with Gasteiger partial charge in [-0.1, -0.05) is 6.07 Å². The second-order valence-electron chi connectivity index (χ2n) is 6.12. The smallest absolute Gasteiger partial charge is 0.243 e. The quantitative estimate of drug-likeness (QED) is 0.800. The molecule has 0 radical (unpaired) electrons. The van der Waals surface area contributed by atoms with Crippen LogP contribution in [0.25, 0.3) is 0 Å². The number of hydrogen-bond donors (Lipinski definition) is 0. The molecule has 0 N–H and O–H groups in total.